The van der Waals surface area contributed by atoms with E-state index in [9.17, 15) is 0 Å². The van der Waals surface area contributed by atoms with E-state index in [-0.39, 0.29) is 0 Å². The molecule has 61 heavy (non-hydrogen) atoms. The summed E-state index contributed by atoms with van der Waals surface area (Å²) in [5, 5.41) is 9.36. The summed E-state index contributed by atoms with van der Waals surface area (Å²) in [5.74, 6) is 1.91. The minimum Gasteiger partial charge on any atom is -0.455 e. The van der Waals surface area contributed by atoms with Crippen molar-refractivity contribution < 1.29 is 4.42 Å². The van der Waals surface area contributed by atoms with Gasteiger partial charge in [0.1, 0.15) is 11.2 Å². The van der Waals surface area contributed by atoms with Gasteiger partial charge < -0.3 is 4.42 Å². The maximum Gasteiger partial charge on any atom is 0.164 e. The first-order chi connectivity index (χ1) is 30.2. The second-order valence-corrected chi connectivity index (χ2v) is 15.6. The fraction of sp³-hybridized carbons (Fsp3) is 0. The second-order valence-electron chi connectivity index (χ2n) is 15.6. The van der Waals surface area contributed by atoms with Crippen LogP contribution < -0.4 is 0 Å². The molecule has 4 nitrogen and oxygen atoms in total. The summed E-state index contributed by atoms with van der Waals surface area (Å²) in [7, 11) is 0. The summed E-state index contributed by atoms with van der Waals surface area (Å²) in [6.07, 6.45) is 0. The Kier molecular flexibility index (Phi) is 8.13. The highest BCUT2D eigenvalue weighted by atomic mass is 16.3. The third kappa shape index (κ3) is 6.12. The molecule has 4 heteroatoms. The van der Waals surface area contributed by atoms with E-state index in [2.05, 4.69) is 152 Å². The zero-order chi connectivity index (χ0) is 40.3. The lowest BCUT2D eigenvalue weighted by Crippen LogP contribution is -2.00. The first-order valence-corrected chi connectivity index (χ1v) is 20.6. The fourth-order valence-electron chi connectivity index (χ4n) is 8.83. The van der Waals surface area contributed by atoms with Crippen LogP contribution in [0.15, 0.2) is 217 Å². The first kappa shape index (κ1) is 34.8. The van der Waals surface area contributed by atoms with E-state index in [0.29, 0.717) is 17.5 Å². The topological polar surface area (TPSA) is 51.8 Å². The van der Waals surface area contributed by atoms with E-state index in [1.54, 1.807) is 0 Å². The van der Waals surface area contributed by atoms with Crippen LogP contribution in [0.2, 0.25) is 0 Å². The molecule has 0 N–H and O–H groups in total. The van der Waals surface area contributed by atoms with E-state index in [1.165, 1.54) is 43.8 Å². The van der Waals surface area contributed by atoms with Crippen LogP contribution in [0, 0.1) is 0 Å². The van der Waals surface area contributed by atoms with Crippen LogP contribution in [0.5, 0.6) is 0 Å². The first-order valence-electron chi connectivity index (χ1n) is 20.6. The van der Waals surface area contributed by atoms with E-state index >= 15 is 0 Å². The van der Waals surface area contributed by atoms with Gasteiger partial charge in [0.25, 0.3) is 0 Å². The lowest BCUT2D eigenvalue weighted by Gasteiger charge is -2.11. The highest BCUT2D eigenvalue weighted by Crippen LogP contribution is 2.44. The zero-order valence-electron chi connectivity index (χ0n) is 33.0. The number of aromatic nitrogens is 3. The van der Waals surface area contributed by atoms with Gasteiger partial charge in [0.2, 0.25) is 0 Å². The summed E-state index contributed by atoms with van der Waals surface area (Å²) < 4.78 is 6.75. The lowest BCUT2D eigenvalue weighted by molar-refractivity contribution is 0.673. The Morgan fingerprint density at radius 3 is 1.41 bits per heavy atom. The Morgan fingerprint density at radius 2 is 0.754 bits per heavy atom. The quantitative estimate of drug-likeness (QED) is 0.169. The highest BCUT2D eigenvalue weighted by molar-refractivity contribution is 6.22. The van der Waals surface area contributed by atoms with Crippen LogP contribution in [0.25, 0.3) is 122 Å². The van der Waals surface area contributed by atoms with Crippen molar-refractivity contribution in [3.63, 3.8) is 0 Å². The molecule has 2 aromatic heterocycles. The van der Waals surface area contributed by atoms with Crippen LogP contribution >= 0.6 is 0 Å². The Labute approximate surface area is 352 Å². The Morgan fingerprint density at radius 1 is 0.279 bits per heavy atom. The number of nitrogens with zero attached hydrogens (tertiary/aromatic N) is 3. The summed E-state index contributed by atoms with van der Waals surface area (Å²) in [5.41, 5.74) is 11.5. The molecule has 0 fully saturated rings. The van der Waals surface area contributed by atoms with E-state index < -0.39 is 0 Å². The molecular formula is C57H35N3O. The van der Waals surface area contributed by atoms with Crippen LogP contribution in [-0.2, 0) is 0 Å². The number of fused-ring (bicyclic) bond motifs is 7. The Hall–Kier alpha value is -8.21. The van der Waals surface area contributed by atoms with E-state index in [0.717, 1.165) is 60.5 Å². The summed E-state index contributed by atoms with van der Waals surface area (Å²) in [6, 6.07) is 74.8. The molecular weight excluding hydrogens is 743 g/mol. The number of rotatable bonds is 6. The van der Waals surface area contributed by atoms with Gasteiger partial charge >= 0.3 is 0 Å². The highest BCUT2D eigenvalue weighted by Gasteiger charge is 2.19. The molecule has 0 unspecified atom stereocenters. The molecule has 0 aliphatic carbocycles. The monoisotopic (exact) mass is 777 g/mol. The molecule has 0 radical (unpaired) electrons. The largest absolute Gasteiger partial charge is 0.455 e. The Bertz CT molecular complexity index is 3570. The summed E-state index contributed by atoms with van der Waals surface area (Å²) in [6.45, 7) is 0. The van der Waals surface area contributed by atoms with Gasteiger partial charge in [0, 0.05) is 32.8 Å². The van der Waals surface area contributed by atoms with Crippen molar-refractivity contribution in [3.05, 3.63) is 212 Å². The molecule has 0 aliphatic rings. The standard InChI is InChI=1S/C57H35N3O/c1-3-13-38(14-4-1)55-58-56(39-15-5-2-6-16-39)60-57(59-55)40-25-23-37(24-26-40)47-20-11-21-52-53(47)51-35-50(48-18-9-10-19-49(48)54(51)61-52)46-31-30-44-33-43(28-29-45(44)34-46)42-27-22-36-12-7-8-17-41(36)32-42/h1-35H. The van der Waals surface area contributed by atoms with Gasteiger partial charge in [0.05, 0.1) is 0 Å². The maximum atomic E-state index is 6.75. The Balaban J connectivity index is 0.955. The second kappa shape index (κ2) is 14.3. The van der Waals surface area contributed by atoms with Crippen molar-refractivity contribution >= 4 is 54.3 Å². The molecule has 0 aliphatic heterocycles. The molecule has 0 amide bonds. The van der Waals surface area contributed by atoms with Gasteiger partial charge in [-0.1, -0.05) is 182 Å². The van der Waals surface area contributed by atoms with Crippen molar-refractivity contribution in [2.24, 2.45) is 0 Å². The van der Waals surface area contributed by atoms with E-state index in [1.807, 2.05) is 60.7 Å². The summed E-state index contributed by atoms with van der Waals surface area (Å²) in [4.78, 5) is 14.8. The SMILES string of the molecule is c1ccc(-c2nc(-c3ccccc3)nc(-c3ccc(-c4cccc5oc6c7ccccc7c(-c7ccc8cc(-c9ccc%10ccccc%10c9)ccc8c7)cc6c45)cc3)n2)cc1. The molecule has 2 heterocycles. The molecule has 12 rings (SSSR count). The third-order valence-corrected chi connectivity index (χ3v) is 11.9. The van der Waals surface area contributed by atoms with Crippen LogP contribution in [0.3, 0.4) is 0 Å². The smallest absolute Gasteiger partial charge is 0.164 e. The maximum absolute atomic E-state index is 6.75. The predicted molar refractivity (Wildman–Crippen MR) is 252 cm³/mol. The molecule has 0 atom stereocenters. The average molecular weight is 778 g/mol. The molecule has 0 saturated carbocycles. The number of furan rings is 1. The molecule has 284 valence electrons. The zero-order valence-corrected chi connectivity index (χ0v) is 33.0. The van der Waals surface area contributed by atoms with Crippen LogP contribution in [-0.4, -0.2) is 15.0 Å². The van der Waals surface area contributed by atoms with Crippen LogP contribution in [0.4, 0.5) is 0 Å². The van der Waals surface area contributed by atoms with Crippen molar-refractivity contribution in [2.75, 3.05) is 0 Å². The number of hydrogen-bond donors (Lipinski definition) is 0. The van der Waals surface area contributed by atoms with Gasteiger partial charge in [-0.15, -0.1) is 0 Å². The molecule has 10 aromatic carbocycles. The van der Waals surface area contributed by atoms with Crippen molar-refractivity contribution in [2.45, 2.75) is 0 Å². The van der Waals surface area contributed by atoms with Gasteiger partial charge in [-0.05, 0) is 90.6 Å². The lowest BCUT2D eigenvalue weighted by atomic mass is 9.92. The third-order valence-electron chi connectivity index (χ3n) is 11.9. The normalized spacial score (nSPS) is 11.6. The van der Waals surface area contributed by atoms with Crippen molar-refractivity contribution in [1.82, 2.24) is 15.0 Å². The van der Waals surface area contributed by atoms with Gasteiger partial charge in [-0.3, -0.25) is 0 Å². The summed E-state index contributed by atoms with van der Waals surface area (Å²) >= 11 is 0. The fourth-order valence-corrected chi connectivity index (χ4v) is 8.83. The van der Waals surface area contributed by atoms with Crippen molar-refractivity contribution in [3.8, 4) is 67.5 Å². The van der Waals surface area contributed by atoms with Gasteiger partial charge in [-0.25, -0.2) is 15.0 Å². The van der Waals surface area contributed by atoms with Gasteiger partial charge in [0.15, 0.2) is 17.5 Å². The van der Waals surface area contributed by atoms with Crippen LogP contribution in [0.1, 0.15) is 0 Å². The molecule has 0 saturated heterocycles. The molecule has 0 bridgehead atoms. The van der Waals surface area contributed by atoms with Crippen molar-refractivity contribution in [1.29, 1.82) is 0 Å². The minimum absolute atomic E-state index is 0.627. The van der Waals surface area contributed by atoms with Gasteiger partial charge in [-0.2, -0.15) is 0 Å². The molecule has 0 spiro atoms. The minimum atomic E-state index is 0.627. The average Bonchev–Trinajstić information content (AvgIpc) is 3.73. The predicted octanol–water partition coefficient (Wildman–Crippen LogP) is 15.2. The number of hydrogen-bond acceptors (Lipinski definition) is 4. The van der Waals surface area contributed by atoms with E-state index in [4.69, 9.17) is 19.4 Å². The molecule has 12 aromatic rings. The number of benzene rings is 10.